The predicted molar refractivity (Wildman–Crippen MR) is 70.6 cm³/mol. The minimum Gasteiger partial charge on any atom is -0.384 e. The second-order valence-electron chi connectivity index (χ2n) is 5.41. The van der Waals surface area contributed by atoms with Gasteiger partial charge < -0.3 is 5.11 Å². The highest BCUT2D eigenvalue weighted by molar-refractivity contribution is 5.76. The third-order valence-electron chi connectivity index (χ3n) is 4.32. The Morgan fingerprint density at radius 3 is 2.47 bits per heavy atom. The Kier molecular flexibility index (Phi) is 3.78. The van der Waals surface area contributed by atoms with Crippen LogP contribution in [0.4, 0.5) is 0 Å². The van der Waals surface area contributed by atoms with Crippen molar-refractivity contribution in [2.45, 2.75) is 38.7 Å². The van der Waals surface area contributed by atoms with Gasteiger partial charge in [-0.3, -0.25) is 4.79 Å². The lowest BCUT2D eigenvalue weighted by molar-refractivity contribution is -0.112. The maximum Gasteiger partial charge on any atom is 0.148 e. The van der Waals surface area contributed by atoms with Crippen molar-refractivity contribution < 1.29 is 9.90 Å². The fourth-order valence-electron chi connectivity index (χ4n) is 2.66. The van der Waals surface area contributed by atoms with Crippen LogP contribution in [0.2, 0.25) is 0 Å². The third kappa shape index (κ3) is 2.14. The minimum absolute atomic E-state index is 0.240. The molecule has 0 aromatic carbocycles. The highest BCUT2D eigenvalue weighted by Crippen LogP contribution is 2.51. The van der Waals surface area contributed by atoms with Crippen molar-refractivity contribution in [3.8, 4) is 0 Å². The molecule has 94 valence electrons. The first kappa shape index (κ1) is 13.9. The second-order valence-corrected chi connectivity index (χ2v) is 5.41. The predicted octanol–water partition coefficient (Wildman–Crippen LogP) is 3.04. The Morgan fingerprint density at radius 2 is 2.06 bits per heavy atom. The van der Waals surface area contributed by atoms with Crippen LogP contribution in [0.25, 0.3) is 0 Å². The molecule has 17 heavy (non-hydrogen) atoms. The van der Waals surface area contributed by atoms with Gasteiger partial charge in [0.2, 0.25) is 0 Å². The zero-order valence-corrected chi connectivity index (χ0v) is 10.8. The number of allylic oxidation sites excluding steroid dienone is 1. The molecule has 0 saturated heterocycles. The number of aliphatic hydroxyl groups is 1. The first-order chi connectivity index (χ1) is 7.80. The van der Waals surface area contributed by atoms with E-state index in [2.05, 4.69) is 19.7 Å². The number of rotatable bonds is 4. The summed E-state index contributed by atoms with van der Waals surface area (Å²) in [5.74, 6) is 0.240. The molecular formula is C15H22O2. The molecule has 1 fully saturated rings. The van der Waals surface area contributed by atoms with E-state index < -0.39 is 11.0 Å². The van der Waals surface area contributed by atoms with Crippen LogP contribution in [-0.2, 0) is 4.79 Å². The van der Waals surface area contributed by atoms with Gasteiger partial charge in [0.1, 0.15) is 11.9 Å². The molecule has 0 radical (unpaired) electrons. The number of carbonyl (C=O) groups is 1. The molecule has 3 atom stereocenters. The highest BCUT2D eigenvalue weighted by atomic mass is 16.3. The molecule has 0 aliphatic heterocycles. The average Bonchev–Trinajstić information content (AvgIpc) is 2.31. The quantitative estimate of drug-likeness (QED) is 0.461. The van der Waals surface area contributed by atoms with Crippen LogP contribution in [-0.4, -0.2) is 17.0 Å². The van der Waals surface area contributed by atoms with Crippen LogP contribution in [0.3, 0.4) is 0 Å². The van der Waals surface area contributed by atoms with Crippen molar-refractivity contribution in [1.82, 2.24) is 0 Å². The van der Waals surface area contributed by atoms with E-state index in [4.69, 9.17) is 0 Å². The summed E-state index contributed by atoms with van der Waals surface area (Å²) < 4.78 is 0. The Balaban J connectivity index is 3.15. The molecular weight excluding hydrogens is 212 g/mol. The monoisotopic (exact) mass is 234 g/mol. The Labute approximate surface area is 104 Å². The standard InChI is InChI=1S/C15H22O2/c1-6-14(5)8-7-13(11(2)3)9-15(14,17)12(4)10-16/h6,10,13,17H,1-2,4,7-9H2,3,5H3/t13-,14-,15-/m1/s1. The molecule has 0 heterocycles. The largest absolute Gasteiger partial charge is 0.384 e. The zero-order chi connectivity index (χ0) is 13.3. The summed E-state index contributed by atoms with van der Waals surface area (Å²) in [6.45, 7) is 15.4. The summed E-state index contributed by atoms with van der Waals surface area (Å²) in [4.78, 5) is 11.0. The Bertz CT molecular complexity index is 369. The molecule has 0 unspecified atom stereocenters. The summed E-state index contributed by atoms with van der Waals surface area (Å²) in [7, 11) is 0. The molecule has 0 aromatic rings. The van der Waals surface area contributed by atoms with Gasteiger partial charge in [-0.1, -0.05) is 31.7 Å². The van der Waals surface area contributed by atoms with E-state index in [0.29, 0.717) is 12.7 Å². The van der Waals surface area contributed by atoms with Crippen LogP contribution in [0.15, 0.2) is 37.0 Å². The van der Waals surface area contributed by atoms with Gasteiger partial charge >= 0.3 is 0 Å². The van der Waals surface area contributed by atoms with Gasteiger partial charge in [-0.05, 0) is 32.1 Å². The first-order valence-corrected chi connectivity index (χ1v) is 5.96. The van der Waals surface area contributed by atoms with Gasteiger partial charge in [0.05, 0.1) is 0 Å². The third-order valence-corrected chi connectivity index (χ3v) is 4.32. The lowest BCUT2D eigenvalue weighted by Gasteiger charge is -2.49. The van der Waals surface area contributed by atoms with Crippen LogP contribution in [0, 0.1) is 11.3 Å². The lowest BCUT2D eigenvalue weighted by atomic mass is 9.58. The van der Waals surface area contributed by atoms with Crippen LogP contribution in [0.1, 0.15) is 33.1 Å². The minimum atomic E-state index is -1.20. The number of aldehydes is 1. The molecule has 0 bridgehead atoms. The smallest absolute Gasteiger partial charge is 0.148 e. The van der Waals surface area contributed by atoms with Crippen LogP contribution >= 0.6 is 0 Å². The topological polar surface area (TPSA) is 37.3 Å². The van der Waals surface area contributed by atoms with Gasteiger partial charge in [-0.2, -0.15) is 0 Å². The van der Waals surface area contributed by atoms with Crippen molar-refractivity contribution in [1.29, 1.82) is 0 Å². The maximum absolute atomic E-state index is 11.0. The van der Waals surface area contributed by atoms with Crippen molar-refractivity contribution in [2.75, 3.05) is 0 Å². The zero-order valence-electron chi connectivity index (χ0n) is 10.8. The van der Waals surface area contributed by atoms with Gasteiger partial charge in [0.15, 0.2) is 0 Å². The summed E-state index contributed by atoms with van der Waals surface area (Å²) >= 11 is 0. The molecule has 1 aliphatic rings. The number of hydrogen-bond acceptors (Lipinski definition) is 2. The molecule has 1 rings (SSSR count). The number of hydrogen-bond donors (Lipinski definition) is 1. The normalized spacial score (nSPS) is 37.2. The Morgan fingerprint density at radius 1 is 1.47 bits per heavy atom. The average molecular weight is 234 g/mol. The number of carbonyl (C=O) groups excluding carboxylic acids is 1. The van der Waals surface area contributed by atoms with E-state index in [0.717, 1.165) is 18.4 Å². The van der Waals surface area contributed by atoms with E-state index >= 15 is 0 Å². The molecule has 2 nitrogen and oxygen atoms in total. The molecule has 1 N–H and O–H groups in total. The molecule has 2 heteroatoms. The summed E-state index contributed by atoms with van der Waals surface area (Å²) in [5.41, 5.74) is -0.394. The van der Waals surface area contributed by atoms with Gasteiger partial charge in [-0.15, -0.1) is 6.58 Å². The van der Waals surface area contributed by atoms with Crippen molar-refractivity contribution in [3.05, 3.63) is 37.0 Å². The van der Waals surface area contributed by atoms with Crippen LogP contribution < -0.4 is 0 Å². The molecule has 0 amide bonds. The van der Waals surface area contributed by atoms with E-state index in [1.807, 2.05) is 13.8 Å². The maximum atomic E-state index is 11.0. The molecule has 1 aliphatic carbocycles. The molecule has 0 aromatic heterocycles. The Hall–Kier alpha value is -1.15. The SMILES string of the molecule is C=C[C@]1(C)CC[C@@H](C(=C)C)C[C@@]1(O)C(=C)C=O. The lowest BCUT2D eigenvalue weighted by Crippen LogP contribution is -2.51. The van der Waals surface area contributed by atoms with E-state index in [1.54, 1.807) is 6.08 Å². The van der Waals surface area contributed by atoms with Gasteiger partial charge in [-0.25, -0.2) is 0 Å². The highest BCUT2D eigenvalue weighted by Gasteiger charge is 2.51. The van der Waals surface area contributed by atoms with Gasteiger partial charge in [0, 0.05) is 11.0 Å². The van der Waals surface area contributed by atoms with Crippen LogP contribution in [0.5, 0.6) is 0 Å². The van der Waals surface area contributed by atoms with Gasteiger partial charge in [0.25, 0.3) is 0 Å². The summed E-state index contributed by atoms with van der Waals surface area (Å²) in [6, 6.07) is 0. The molecule has 0 spiro atoms. The first-order valence-electron chi connectivity index (χ1n) is 5.96. The fourth-order valence-corrected chi connectivity index (χ4v) is 2.66. The van der Waals surface area contributed by atoms with E-state index in [9.17, 15) is 9.90 Å². The fraction of sp³-hybridized carbons (Fsp3) is 0.533. The van der Waals surface area contributed by atoms with Crippen molar-refractivity contribution >= 4 is 6.29 Å². The molecule has 1 saturated carbocycles. The van der Waals surface area contributed by atoms with Crippen molar-refractivity contribution in [3.63, 3.8) is 0 Å². The van der Waals surface area contributed by atoms with E-state index in [-0.39, 0.29) is 11.5 Å². The second kappa shape index (κ2) is 4.61. The summed E-state index contributed by atoms with van der Waals surface area (Å²) in [6.07, 6.45) is 4.66. The van der Waals surface area contributed by atoms with E-state index in [1.165, 1.54) is 0 Å². The summed E-state index contributed by atoms with van der Waals surface area (Å²) in [5, 5.41) is 10.8. The van der Waals surface area contributed by atoms with Crippen molar-refractivity contribution in [2.24, 2.45) is 11.3 Å².